The zero-order chi connectivity index (χ0) is 16.2. The smallest absolute Gasteiger partial charge is 0.160 e. The van der Waals surface area contributed by atoms with Gasteiger partial charge in [0.05, 0.1) is 29.8 Å². The number of nitrogens with one attached hydrogen (secondary N) is 1. The molecule has 3 rings (SSSR count). The topological polar surface area (TPSA) is 75.8 Å². The summed E-state index contributed by atoms with van der Waals surface area (Å²) in [5, 5.41) is 18.4. The second kappa shape index (κ2) is 6.97. The summed E-state index contributed by atoms with van der Waals surface area (Å²) in [6.45, 7) is 6.51. The molecule has 6 nitrogen and oxygen atoms in total. The van der Waals surface area contributed by atoms with Gasteiger partial charge < -0.3 is 10.1 Å². The SMILES string of the molecule is CCc1nc2c(cnn2CC)c(NC2CCOCC2)c1CC#N. The van der Waals surface area contributed by atoms with Crippen LogP contribution in [0, 0.1) is 11.3 Å². The third kappa shape index (κ3) is 3.02. The number of aromatic nitrogens is 3. The van der Waals surface area contributed by atoms with E-state index >= 15 is 0 Å². The summed E-state index contributed by atoms with van der Waals surface area (Å²) in [5.41, 5.74) is 3.95. The van der Waals surface area contributed by atoms with Crippen molar-refractivity contribution >= 4 is 16.7 Å². The summed E-state index contributed by atoms with van der Waals surface area (Å²) < 4.78 is 7.36. The highest BCUT2D eigenvalue weighted by Crippen LogP contribution is 2.31. The van der Waals surface area contributed by atoms with Crippen molar-refractivity contribution in [2.24, 2.45) is 0 Å². The summed E-state index contributed by atoms with van der Waals surface area (Å²) in [4.78, 5) is 4.78. The molecule has 1 saturated heterocycles. The number of hydrogen-bond acceptors (Lipinski definition) is 5. The minimum atomic E-state index is 0.370. The second-order valence-electron chi connectivity index (χ2n) is 5.83. The van der Waals surface area contributed by atoms with Crippen LogP contribution < -0.4 is 5.32 Å². The van der Waals surface area contributed by atoms with Gasteiger partial charge >= 0.3 is 0 Å². The van der Waals surface area contributed by atoms with E-state index < -0.39 is 0 Å². The van der Waals surface area contributed by atoms with Crippen LogP contribution in [-0.2, 0) is 24.1 Å². The molecule has 0 radical (unpaired) electrons. The molecule has 2 aromatic heterocycles. The molecule has 1 fully saturated rings. The Labute approximate surface area is 136 Å². The first kappa shape index (κ1) is 15.8. The number of pyridine rings is 1. The Morgan fingerprint density at radius 3 is 2.83 bits per heavy atom. The predicted octanol–water partition coefficient (Wildman–Crippen LogP) is 2.67. The molecule has 23 heavy (non-hydrogen) atoms. The van der Waals surface area contributed by atoms with E-state index in [9.17, 15) is 5.26 Å². The molecule has 0 unspecified atom stereocenters. The van der Waals surface area contributed by atoms with Crippen LogP contribution in [0.3, 0.4) is 0 Å². The lowest BCUT2D eigenvalue weighted by Gasteiger charge is -2.26. The van der Waals surface area contributed by atoms with Gasteiger partial charge in [-0.15, -0.1) is 0 Å². The van der Waals surface area contributed by atoms with Gasteiger partial charge in [0, 0.05) is 37.1 Å². The van der Waals surface area contributed by atoms with Gasteiger partial charge in [-0.25, -0.2) is 9.67 Å². The van der Waals surface area contributed by atoms with Crippen molar-refractivity contribution < 1.29 is 4.74 Å². The van der Waals surface area contributed by atoms with Crippen molar-refractivity contribution in [1.82, 2.24) is 14.8 Å². The molecule has 0 amide bonds. The van der Waals surface area contributed by atoms with Crippen LogP contribution in [0.2, 0.25) is 0 Å². The first-order valence-electron chi connectivity index (χ1n) is 8.36. The van der Waals surface area contributed by atoms with Crippen molar-refractivity contribution in [3.8, 4) is 6.07 Å². The van der Waals surface area contributed by atoms with Crippen molar-refractivity contribution in [1.29, 1.82) is 5.26 Å². The van der Waals surface area contributed by atoms with E-state index in [0.29, 0.717) is 12.5 Å². The van der Waals surface area contributed by atoms with E-state index in [1.54, 1.807) is 0 Å². The number of fused-ring (bicyclic) bond motifs is 1. The largest absolute Gasteiger partial charge is 0.381 e. The molecule has 2 aromatic rings. The fourth-order valence-corrected chi connectivity index (χ4v) is 3.18. The molecule has 3 heterocycles. The Hall–Kier alpha value is -2.13. The normalized spacial score (nSPS) is 15.7. The lowest BCUT2D eigenvalue weighted by Crippen LogP contribution is -2.28. The number of nitrogens with zero attached hydrogens (tertiary/aromatic N) is 4. The Morgan fingerprint density at radius 2 is 2.17 bits per heavy atom. The maximum atomic E-state index is 9.25. The van der Waals surface area contributed by atoms with Gasteiger partial charge in [0.2, 0.25) is 0 Å². The Morgan fingerprint density at radius 1 is 1.39 bits per heavy atom. The Kier molecular flexibility index (Phi) is 4.77. The molecule has 6 heteroatoms. The van der Waals surface area contributed by atoms with Crippen LogP contribution in [0.15, 0.2) is 6.20 Å². The van der Waals surface area contributed by atoms with E-state index in [1.165, 1.54) is 0 Å². The lowest BCUT2D eigenvalue weighted by molar-refractivity contribution is 0.0904. The molecule has 122 valence electrons. The molecule has 0 spiro atoms. The average Bonchev–Trinajstić information content (AvgIpc) is 3.00. The lowest BCUT2D eigenvalue weighted by atomic mass is 10.0. The molecular weight excluding hydrogens is 290 g/mol. The van der Waals surface area contributed by atoms with Gasteiger partial charge in [0.25, 0.3) is 0 Å². The summed E-state index contributed by atoms with van der Waals surface area (Å²) in [6, 6.07) is 2.67. The number of anilines is 1. The first-order valence-corrected chi connectivity index (χ1v) is 8.36. The minimum absolute atomic E-state index is 0.370. The van der Waals surface area contributed by atoms with Crippen molar-refractivity contribution in [3.63, 3.8) is 0 Å². The molecule has 0 saturated carbocycles. The first-order chi connectivity index (χ1) is 11.3. The fraction of sp³-hybridized carbons (Fsp3) is 0.588. The maximum Gasteiger partial charge on any atom is 0.160 e. The molecule has 0 bridgehead atoms. The zero-order valence-corrected chi connectivity index (χ0v) is 13.8. The highest BCUT2D eigenvalue weighted by Gasteiger charge is 2.21. The van der Waals surface area contributed by atoms with Gasteiger partial charge in [-0.2, -0.15) is 10.4 Å². The van der Waals surface area contributed by atoms with Gasteiger partial charge in [-0.1, -0.05) is 6.92 Å². The fourth-order valence-electron chi connectivity index (χ4n) is 3.18. The van der Waals surface area contributed by atoms with E-state index in [-0.39, 0.29) is 0 Å². The van der Waals surface area contributed by atoms with Crippen LogP contribution >= 0.6 is 0 Å². The number of ether oxygens (including phenoxy) is 1. The van der Waals surface area contributed by atoms with Crippen molar-refractivity contribution in [2.45, 2.75) is 52.1 Å². The van der Waals surface area contributed by atoms with Crippen LogP contribution in [0.25, 0.3) is 11.0 Å². The summed E-state index contributed by atoms with van der Waals surface area (Å²) >= 11 is 0. The van der Waals surface area contributed by atoms with Crippen LogP contribution in [0.5, 0.6) is 0 Å². The minimum Gasteiger partial charge on any atom is -0.381 e. The van der Waals surface area contributed by atoms with Gasteiger partial charge in [-0.3, -0.25) is 0 Å². The van der Waals surface area contributed by atoms with E-state index in [2.05, 4.69) is 30.3 Å². The third-order valence-corrected chi connectivity index (χ3v) is 4.43. The number of aryl methyl sites for hydroxylation is 2. The summed E-state index contributed by atoms with van der Waals surface area (Å²) in [7, 11) is 0. The number of rotatable bonds is 5. The van der Waals surface area contributed by atoms with Crippen molar-refractivity contribution in [3.05, 3.63) is 17.5 Å². The molecule has 0 aliphatic carbocycles. The van der Waals surface area contributed by atoms with Gasteiger partial charge in [-0.05, 0) is 26.2 Å². The van der Waals surface area contributed by atoms with E-state index in [1.807, 2.05) is 10.9 Å². The second-order valence-corrected chi connectivity index (χ2v) is 5.83. The van der Waals surface area contributed by atoms with E-state index in [4.69, 9.17) is 9.72 Å². The highest BCUT2D eigenvalue weighted by molar-refractivity contribution is 5.91. The molecule has 1 aliphatic heterocycles. The maximum absolute atomic E-state index is 9.25. The molecule has 0 atom stereocenters. The molecule has 0 aromatic carbocycles. The molecule has 1 N–H and O–H groups in total. The predicted molar refractivity (Wildman–Crippen MR) is 89.4 cm³/mol. The zero-order valence-electron chi connectivity index (χ0n) is 13.8. The Bertz CT molecular complexity index is 725. The van der Waals surface area contributed by atoms with E-state index in [0.717, 1.165) is 67.0 Å². The standard InChI is InChI=1S/C17H23N5O/c1-3-15-13(5-8-18)16(20-12-6-9-23-10-7-12)14-11-19-22(4-2)17(14)21-15/h11-12H,3-7,9-10H2,1-2H3,(H,20,21). The quantitative estimate of drug-likeness (QED) is 0.918. The molecular formula is C17H23N5O. The Balaban J connectivity index is 2.11. The van der Waals surface area contributed by atoms with Crippen LogP contribution in [0.1, 0.15) is 37.9 Å². The van der Waals surface area contributed by atoms with Gasteiger partial charge in [0.1, 0.15) is 0 Å². The highest BCUT2D eigenvalue weighted by atomic mass is 16.5. The van der Waals surface area contributed by atoms with Crippen LogP contribution in [0.4, 0.5) is 5.69 Å². The van der Waals surface area contributed by atoms with Crippen LogP contribution in [-0.4, -0.2) is 34.0 Å². The number of hydrogen-bond donors (Lipinski definition) is 1. The molecule has 1 aliphatic rings. The average molecular weight is 313 g/mol. The van der Waals surface area contributed by atoms with Gasteiger partial charge in [0.15, 0.2) is 5.65 Å². The summed E-state index contributed by atoms with van der Waals surface area (Å²) in [5.74, 6) is 0. The number of nitriles is 1. The monoisotopic (exact) mass is 313 g/mol. The summed E-state index contributed by atoms with van der Waals surface area (Å²) in [6.07, 6.45) is 5.02. The van der Waals surface area contributed by atoms with Crippen molar-refractivity contribution in [2.75, 3.05) is 18.5 Å². The third-order valence-electron chi connectivity index (χ3n) is 4.43.